The molecule has 1 N–H and O–H groups in total. The largest absolute Gasteiger partial charge is 0.376 e. The summed E-state index contributed by atoms with van der Waals surface area (Å²) in [6, 6.07) is 6.03. The van der Waals surface area contributed by atoms with Gasteiger partial charge in [0.15, 0.2) is 11.6 Å². The van der Waals surface area contributed by atoms with Crippen LogP contribution >= 0.6 is 11.3 Å². The van der Waals surface area contributed by atoms with Gasteiger partial charge >= 0.3 is 0 Å². The third-order valence-corrected chi connectivity index (χ3v) is 3.32. The molecule has 2 rings (SSSR count). The lowest BCUT2D eigenvalue weighted by atomic mass is 10.1. The molecule has 18 heavy (non-hydrogen) atoms. The molecule has 0 spiro atoms. The molecule has 0 radical (unpaired) electrons. The third-order valence-electron chi connectivity index (χ3n) is 2.62. The second-order valence-electron chi connectivity index (χ2n) is 3.82. The third kappa shape index (κ3) is 2.34. The molecule has 0 amide bonds. The van der Waals surface area contributed by atoms with Gasteiger partial charge in [-0.05, 0) is 41.4 Å². The Bertz CT molecular complexity index is 588. The minimum Gasteiger partial charge on any atom is -0.376 e. The predicted molar refractivity (Wildman–Crippen MR) is 67.4 cm³/mol. The van der Waals surface area contributed by atoms with Crippen molar-refractivity contribution < 1.29 is 8.78 Å². The maximum atomic E-state index is 13.7. The van der Waals surface area contributed by atoms with Crippen molar-refractivity contribution in [3.05, 3.63) is 51.7 Å². The highest BCUT2D eigenvalue weighted by Crippen LogP contribution is 2.25. The van der Waals surface area contributed by atoms with E-state index in [9.17, 15) is 8.78 Å². The van der Waals surface area contributed by atoms with E-state index in [-0.39, 0.29) is 17.3 Å². The zero-order valence-electron chi connectivity index (χ0n) is 9.58. The molecule has 1 unspecified atom stereocenters. The molecular formula is C13H10F2N2S. The fraction of sp³-hybridized carbons (Fsp3) is 0.154. The summed E-state index contributed by atoms with van der Waals surface area (Å²) < 4.78 is 27.1. The number of hydrogen-bond acceptors (Lipinski definition) is 3. The lowest BCUT2D eigenvalue weighted by molar-refractivity contribution is 0.507. The lowest BCUT2D eigenvalue weighted by Gasteiger charge is -2.15. The molecule has 1 aromatic heterocycles. The molecule has 0 saturated heterocycles. The Balaban J connectivity index is 2.26. The number of anilines is 1. The highest BCUT2D eigenvalue weighted by atomic mass is 32.1. The fourth-order valence-corrected chi connectivity index (χ4v) is 2.34. The van der Waals surface area contributed by atoms with Gasteiger partial charge in [0, 0.05) is 6.04 Å². The van der Waals surface area contributed by atoms with E-state index in [1.807, 2.05) is 23.8 Å². The van der Waals surface area contributed by atoms with Crippen molar-refractivity contribution in [3.63, 3.8) is 0 Å². The predicted octanol–water partition coefficient (Wildman–Crippen LogP) is 4.07. The maximum absolute atomic E-state index is 13.7. The smallest absolute Gasteiger partial charge is 0.183 e. The van der Waals surface area contributed by atoms with Crippen LogP contribution in [0.25, 0.3) is 0 Å². The maximum Gasteiger partial charge on any atom is 0.183 e. The Labute approximate surface area is 107 Å². The van der Waals surface area contributed by atoms with E-state index in [0.717, 1.165) is 5.56 Å². The van der Waals surface area contributed by atoms with Crippen LogP contribution in [-0.4, -0.2) is 0 Å². The van der Waals surface area contributed by atoms with E-state index in [1.165, 1.54) is 12.1 Å². The van der Waals surface area contributed by atoms with Crippen molar-refractivity contribution in [2.75, 3.05) is 5.32 Å². The number of benzene rings is 1. The number of nitrogens with zero attached hydrogens (tertiary/aromatic N) is 1. The van der Waals surface area contributed by atoms with Crippen LogP contribution in [0.1, 0.15) is 24.1 Å². The van der Waals surface area contributed by atoms with Crippen molar-refractivity contribution in [2.45, 2.75) is 13.0 Å². The van der Waals surface area contributed by atoms with Gasteiger partial charge in [0.1, 0.15) is 6.07 Å². The van der Waals surface area contributed by atoms with E-state index in [2.05, 4.69) is 5.32 Å². The first-order valence-corrected chi connectivity index (χ1v) is 6.24. The van der Waals surface area contributed by atoms with Gasteiger partial charge in [-0.15, -0.1) is 0 Å². The monoisotopic (exact) mass is 264 g/mol. The van der Waals surface area contributed by atoms with E-state index >= 15 is 0 Å². The summed E-state index contributed by atoms with van der Waals surface area (Å²) >= 11 is 1.54. The van der Waals surface area contributed by atoms with Crippen molar-refractivity contribution >= 4 is 17.0 Å². The Morgan fingerprint density at radius 1 is 1.28 bits per heavy atom. The van der Waals surface area contributed by atoms with Gasteiger partial charge in [-0.25, -0.2) is 8.78 Å². The van der Waals surface area contributed by atoms with Crippen LogP contribution in [0, 0.1) is 23.0 Å². The van der Waals surface area contributed by atoms with Gasteiger partial charge in [-0.1, -0.05) is 0 Å². The van der Waals surface area contributed by atoms with E-state index in [4.69, 9.17) is 5.26 Å². The summed E-state index contributed by atoms with van der Waals surface area (Å²) in [5.41, 5.74) is 0.774. The van der Waals surface area contributed by atoms with E-state index in [0.29, 0.717) is 0 Å². The van der Waals surface area contributed by atoms with Gasteiger partial charge < -0.3 is 5.32 Å². The van der Waals surface area contributed by atoms with Crippen molar-refractivity contribution in [1.29, 1.82) is 5.26 Å². The minimum atomic E-state index is -1.11. The Morgan fingerprint density at radius 3 is 2.67 bits per heavy atom. The average molecular weight is 264 g/mol. The Hall–Kier alpha value is -1.93. The first-order chi connectivity index (χ1) is 8.63. The lowest BCUT2D eigenvalue weighted by Crippen LogP contribution is -2.08. The molecule has 5 heteroatoms. The summed E-state index contributed by atoms with van der Waals surface area (Å²) in [5.74, 6) is -2.13. The molecule has 2 aromatic rings. The number of nitrogens with one attached hydrogen (secondary N) is 1. The summed E-state index contributed by atoms with van der Waals surface area (Å²) in [7, 11) is 0. The fourth-order valence-electron chi connectivity index (χ4n) is 1.59. The van der Waals surface area contributed by atoms with Crippen molar-refractivity contribution in [2.24, 2.45) is 0 Å². The molecule has 1 heterocycles. The van der Waals surface area contributed by atoms with Crippen LogP contribution in [0.4, 0.5) is 14.5 Å². The van der Waals surface area contributed by atoms with Crippen molar-refractivity contribution in [1.82, 2.24) is 0 Å². The van der Waals surface area contributed by atoms with E-state index < -0.39 is 11.6 Å². The number of halogens is 2. The van der Waals surface area contributed by atoms with Gasteiger partial charge in [0.05, 0.1) is 11.3 Å². The summed E-state index contributed by atoms with van der Waals surface area (Å²) in [6.07, 6.45) is 0. The second-order valence-corrected chi connectivity index (χ2v) is 4.60. The summed E-state index contributed by atoms with van der Waals surface area (Å²) in [4.78, 5) is 0. The molecule has 2 nitrogen and oxygen atoms in total. The molecule has 1 aromatic carbocycles. The summed E-state index contributed by atoms with van der Waals surface area (Å²) in [6.45, 7) is 1.86. The van der Waals surface area contributed by atoms with Crippen LogP contribution in [-0.2, 0) is 0 Å². The molecule has 0 saturated carbocycles. The molecule has 92 valence electrons. The quantitative estimate of drug-likeness (QED) is 0.907. The molecular weight excluding hydrogens is 254 g/mol. The zero-order chi connectivity index (χ0) is 13.1. The van der Waals surface area contributed by atoms with E-state index in [1.54, 1.807) is 17.4 Å². The van der Waals surface area contributed by atoms with Crippen LogP contribution in [0.15, 0.2) is 29.0 Å². The second kappa shape index (κ2) is 5.15. The molecule has 0 aliphatic carbocycles. The molecule has 0 bridgehead atoms. The minimum absolute atomic E-state index is 0.0604. The molecule has 0 fully saturated rings. The van der Waals surface area contributed by atoms with Gasteiger partial charge in [0.2, 0.25) is 0 Å². The Kier molecular flexibility index (Phi) is 3.58. The highest BCUT2D eigenvalue weighted by Gasteiger charge is 2.15. The molecule has 0 aliphatic heterocycles. The SMILES string of the molecule is CC(Nc1ccc(C#N)c(F)c1F)c1ccsc1. The highest BCUT2D eigenvalue weighted by molar-refractivity contribution is 7.07. The van der Waals surface area contributed by atoms with Gasteiger partial charge in [0.25, 0.3) is 0 Å². The number of hydrogen-bond donors (Lipinski definition) is 1. The standard InChI is InChI=1S/C13H10F2N2S/c1-8(10-4-5-18-7-10)17-11-3-2-9(6-16)12(14)13(11)15/h2-5,7-8,17H,1H3. The topological polar surface area (TPSA) is 35.8 Å². The molecule has 1 atom stereocenters. The van der Waals surface area contributed by atoms with Crippen molar-refractivity contribution in [3.8, 4) is 6.07 Å². The average Bonchev–Trinajstić information content (AvgIpc) is 2.89. The Morgan fingerprint density at radius 2 is 2.06 bits per heavy atom. The van der Waals surface area contributed by atoms with Crippen LogP contribution in [0.5, 0.6) is 0 Å². The normalized spacial score (nSPS) is 11.9. The first kappa shape index (κ1) is 12.5. The van der Waals surface area contributed by atoms with Crippen LogP contribution in [0.3, 0.4) is 0 Å². The van der Waals surface area contributed by atoms with Crippen LogP contribution < -0.4 is 5.32 Å². The number of rotatable bonds is 3. The number of nitriles is 1. The first-order valence-electron chi connectivity index (χ1n) is 5.30. The molecule has 0 aliphatic rings. The summed E-state index contributed by atoms with van der Waals surface area (Å²) in [5, 5.41) is 15.3. The zero-order valence-corrected chi connectivity index (χ0v) is 10.4. The van der Waals surface area contributed by atoms with Crippen LogP contribution in [0.2, 0.25) is 0 Å². The van der Waals surface area contributed by atoms with Gasteiger partial charge in [-0.3, -0.25) is 0 Å². The van der Waals surface area contributed by atoms with Gasteiger partial charge in [-0.2, -0.15) is 16.6 Å². The number of thiophene rings is 1.